The Morgan fingerprint density at radius 2 is 2.08 bits per heavy atom. The minimum Gasteiger partial charge on any atom is -0.349 e. The fraction of sp³-hybridized carbons (Fsp3) is 0.438. The van der Waals surface area contributed by atoms with Gasteiger partial charge in [-0.25, -0.2) is 9.97 Å². The van der Waals surface area contributed by atoms with Crippen molar-refractivity contribution < 1.29 is 4.79 Å². The summed E-state index contributed by atoms with van der Waals surface area (Å²) in [4.78, 5) is 20.7. The Morgan fingerprint density at radius 3 is 2.71 bits per heavy atom. The van der Waals surface area contributed by atoms with E-state index in [1.807, 2.05) is 12.3 Å². The van der Waals surface area contributed by atoms with Crippen LogP contribution in [0, 0.1) is 5.92 Å². The van der Waals surface area contributed by atoms with Gasteiger partial charge in [-0.05, 0) is 37.4 Å². The molecule has 0 aromatic carbocycles. The molecule has 8 heteroatoms. The first kappa shape index (κ1) is 20.4. The monoisotopic (exact) mass is 371 g/mol. The van der Waals surface area contributed by atoms with E-state index in [0.29, 0.717) is 18.0 Å². The van der Waals surface area contributed by atoms with Crippen LogP contribution in [0.4, 0.5) is 0 Å². The van der Waals surface area contributed by atoms with E-state index in [0.717, 1.165) is 25.1 Å². The van der Waals surface area contributed by atoms with Crippen molar-refractivity contribution in [3.05, 3.63) is 42.6 Å². The van der Waals surface area contributed by atoms with Crippen LogP contribution in [0.5, 0.6) is 0 Å². The predicted molar refractivity (Wildman–Crippen MR) is 98.1 cm³/mol. The van der Waals surface area contributed by atoms with Crippen LogP contribution >= 0.6 is 24.8 Å². The van der Waals surface area contributed by atoms with Crippen molar-refractivity contribution in [2.24, 2.45) is 11.7 Å². The molecular formula is C16H23Cl2N5O. The van der Waals surface area contributed by atoms with Crippen LogP contribution in [0.2, 0.25) is 0 Å². The summed E-state index contributed by atoms with van der Waals surface area (Å²) in [6, 6.07) is 3.79. The van der Waals surface area contributed by atoms with Crippen LogP contribution in [0.25, 0.3) is 5.82 Å². The van der Waals surface area contributed by atoms with Gasteiger partial charge in [0.25, 0.3) is 5.91 Å². The quantitative estimate of drug-likeness (QED) is 0.863. The first-order valence-electron chi connectivity index (χ1n) is 7.73. The number of carbonyl (C=O) groups excluding carboxylic acids is 1. The molecule has 2 aromatic rings. The van der Waals surface area contributed by atoms with Crippen LogP contribution in [-0.4, -0.2) is 33.0 Å². The molecule has 1 saturated carbocycles. The van der Waals surface area contributed by atoms with Crippen LogP contribution in [-0.2, 0) is 0 Å². The molecule has 0 radical (unpaired) electrons. The Kier molecular flexibility index (Phi) is 8.18. The number of nitrogens with two attached hydrogens (primary N) is 1. The molecule has 132 valence electrons. The molecule has 24 heavy (non-hydrogen) atoms. The molecule has 1 aliphatic carbocycles. The maximum absolute atomic E-state index is 12.4. The van der Waals surface area contributed by atoms with Gasteiger partial charge in [0.1, 0.15) is 12.1 Å². The van der Waals surface area contributed by atoms with Crippen molar-refractivity contribution in [2.45, 2.75) is 31.7 Å². The molecular weight excluding hydrogens is 349 g/mol. The second-order valence-electron chi connectivity index (χ2n) is 5.74. The van der Waals surface area contributed by atoms with Gasteiger partial charge in [0, 0.05) is 24.6 Å². The molecule has 0 spiro atoms. The first-order valence-corrected chi connectivity index (χ1v) is 7.73. The second-order valence-corrected chi connectivity index (χ2v) is 5.74. The summed E-state index contributed by atoms with van der Waals surface area (Å²) in [6.07, 6.45) is 11.2. The Hall–Kier alpha value is -1.63. The zero-order valence-electron chi connectivity index (χ0n) is 13.3. The number of nitrogens with zero attached hydrogens (tertiary/aromatic N) is 3. The van der Waals surface area contributed by atoms with Crippen molar-refractivity contribution >= 4 is 30.7 Å². The third kappa shape index (κ3) is 4.69. The van der Waals surface area contributed by atoms with Crippen molar-refractivity contribution in [3.63, 3.8) is 0 Å². The second kappa shape index (κ2) is 9.61. The number of hydrogen-bond donors (Lipinski definition) is 2. The van der Waals surface area contributed by atoms with Gasteiger partial charge in [-0.1, -0.05) is 12.8 Å². The number of aromatic nitrogens is 3. The molecule has 2 atom stereocenters. The summed E-state index contributed by atoms with van der Waals surface area (Å²) >= 11 is 0. The van der Waals surface area contributed by atoms with Gasteiger partial charge in [-0.2, -0.15) is 0 Å². The van der Waals surface area contributed by atoms with Gasteiger partial charge in [0.2, 0.25) is 0 Å². The standard InChI is InChI=1S/C16H21N5O.2ClH/c17-9-12-3-1-2-4-14(12)20-16(22)13-5-6-15(19-10-13)21-8-7-18-11-21;;/h5-8,10-12,14H,1-4,9,17H2,(H,20,22);2*1H. The highest BCUT2D eigenvalue weighted by atomic mass is 35.5. The highest BCUT2D eigenvalue weighted by Gasteiger charge is 2.25. The zero-order chi connectivity index (χ0) is 15.4. The van der Waals surface area contributed by atoms with E-state index in [-0.39, 0.29) is 36.8 Å². The topological polar surface area (TPSA) is 85.8 Å². The SMILES string of the molecule is Cl.Cl.NCC1CCCCC1NC(=O)c1ccc(-n2ccnc2)nc1. The van der Waals surface area contributed by atoms with Gasteiger partial charge in [-0.15, -0.1) is 24.8 Å². The van der Waals surface area contributed by atoms with E-state index in [2.05, 4.69) is 15.3 Å². The Balaban J connectivity index is 0.00000144. The third-order valence-corrected chi connectivity index (χ3v) is 4.31. The minimum atomic E-state index is -0.0740. The number of rotatable bonds is 4. The summed E-state index contributed by atoms with van der Waals surface area (Å²) < 4.78 is 1.80. The highest BCUT2D eigenvalue weighted by Crippen LogP contribution is 2.23. The predicted octanol–water partition coefficient (Wildman–Crippen LogP) is 2.36. The largest absolute Gasteiger partial charge is 0.349 e. The molecule has 2 unspecified atom stereocenters. The van der Waals surface area contributed by atoms with Crippen LogP contribution in [0.1, 0.15) is 36.0 Å². The number of hydrogen-bond acceptors (Lipinski definition) is 4. The molecule has 1 amide bonds. The van der Waals surface area contributed by atoms with Crippen LogP contribution in [0.15, 0.2) is 37.1 Å². The smallest absolute Gasteiger partial charge is 0.253 e. The lowest BCUT2D eigenvalue weighted by molar-refractivity contribution is 0.0907. The molecule has 0 bridgehead atoms. The number of carbonyl (C=O) groups is 1. The third-order valence-electron chi connectivity index (χ3n) is 4.31. The summed E-state index contributed by atoms with van der Waals surface area (Å²) in [7, 11) is 0. The van der Waals surface area contributed by atoms with E-state index in [4.69, 9.17) is 5.73 Å². The number of halogens is 2. The lowest BCUT2D eigenvalue weighted by Gasteiger charge is -2.31. The molecule has 3 N–H and O–H groups in total. The summed E-state index contributed by atoms with van der Waals surface area (Å²) in [5, 5.41) is 3.11. The number of pyridine rings is 1. The fourth-order valence-corrected chi connectivity index (χ4v) is 3.00. The molecule has 0 aliphatic heterocycles. The van der Waals surface area contributed by atoms with E-state index >= 15 is 0 Å². The number of imidazole rings is 1. The molecule has 2 heterocycles. The normalized spacial score (nSPS) is 19.7. The van der Waals surface area contributed by atoms with Crippen molar-refractivity contribution in [2.75, 3.05) is 6.54 Å². The zero-order valence-corrected chi connectivity index (χ0v) is 14.9. The summed E-state index contributed by atoms with van der Waals surface area (Å²) in [6.45, 7) is 0.628. The Labute approximate surface area is 154 Å². The molecule has 1 aliphatic rings. The van der Waals surface area contributed by atoms with Gasteiger partial charge in [-0.3, -0.25) is 9.36 Å². The van der Waals surface area contributed by atoms with Crippen molar-refractivity contribution in [1.82, 2.24) is 19.9 Å². The fourth-order valence-electron chi connectivity index (χ4n) is 3.00. The van der Waals surface area contributed by atoms with Crippen LogP contribution < -0.4 is 11.1 Å². The van der Waals surface area contributed by atoms with E-state index in [1.54, 1.807) is 29.4 Å². The maximum atomic E-state index is 12.4. The Morgan fingerprint density at radius 1 is 1.29 bits per heavy atom. The summed E-state index contributed by atoms with van der Waals surface area (Å²) in [5.41, 5.74) is 6.38. The van der Waals surface area contributed by atoms with Gasteiger partial charge >= 0.3 is 0 Å². The van der Waals surface area contributed by atoms with E-state index in [9.17, 15) is 4.79 Å². The lowest BCUT2D eigenvalue weighted by atomic mass is 9.84. The first-order chi connectivity index (χ1) is 10.8. The number of amides is 1. The molecule has 6 nitrogen and oxygen atoms in total. The molecule has 1 fully saturated rings. The average Bonchev–Trinajstić information content (AvgIpc) is 3.10. The average molecular weight is 372 g/mol. The van der Waals surface area contributed by atoms with E-state index in [1.165, 1.54) is 6.42 Å². The highest BCUT2D eigenvalue weighted by molar-refractivity contribution is 5.94. The van der Waals surface area contributed by atoms with Gasteiger partial charge in [0.15, 0.2) is 0 Å². The molecule has 3 rings (SSSR count). The van der Waals surface area contributed by atoms with Gasteiger partial charge < -0.3 is 11.1 Å². The number of nitrogens with one attached hydrogen (secondary N) is 1. The van der Waals surface area contributed by atoms with E-state index < -0.39 is 0 Å². The van der Waals surface area contributed by atoms with Crippen molar-refractivity contribution in [3.8, 4) is 5.82 Å². The molecule has 2 aromatic heterocycles. The minimum absolute atomic E-state index is 0. The maximum Gasteiger partial charge on any atom is 0.253 e. The van der Waals surface area contributed by atoms with Crippen molar-refractivity contribution in [1.29, 1.82) is 0 Å². The van der Waals surface area contributed by atoms with Crippen LogP contribution in [0.3, 0.4) is 0 Å². The Bertz CT molecular complexity index is 618. The van der Waals surface area contributed by atoms with Gasteiger partial charge in [0.05, 0.1) is 5.56 Å². The summed E-state index contributed by atoms with van der Waals surface area (Å²) in [5.74, 6) is 1.05. The molecule has 0 saturated heterocycles. The lowest BCUT2D eigenvalue weighted by Crippen LogP contribution is -2.44.